The van der Waals surface area contributed by atoms with Gasteiger partial charge in [0.1, 0.15) is 11.6 Å². The summed E-state index contributed by atoms with van der Waals surface area (Å²) in [6.07, 6.45) is 0. The van der Waals surface area contributed by atoms with Gasteiger partial charge in [0.25, 0.3) is 0 Å². The van der Waals surface area contributed by atoms with E-state index in [4.69, 9.17) is 10.6 Å². The van der Waals surface area contributed by atoms with E-state index in [-0.39, 0.29) is 0 Å². The number of aromatic nitrogens is 1. The van der Waals surface area contributed by atoms with Gasteiger partial charge in [-0.25, -0.2) is 10.9 Å². The number of thiazole rings is 1. The van der Waals surface area contributed by atoms with Crippen molar-refractivity contribution in [3.8, 4) is 0 Å². The van der Waals surface area contributed by atoms with Crippen LogP contribution in [-0.2, 0) is 22.8 Å². The number of rotatable bonds is 4. The highest BCUT2D eigenvalue weighted by Crippen LogP contribution is 2.10. The first-order chi connectivity index (χ1) is 5.36. The second kappa shape index (κ2) is 4.40. The molecular weight excluding hydrogens is 164 g/mol. The topological polar surface area (TPSA) is 57.4 Å². The zero-order valence-electron chi connectivity index (χ0n) is 6.24. The first-order valence-electron chi connectivity index (χ1n) is 3.10. The fraction of sp³-hybridized carbons (Fsp3) is 0.500. The van der Waals surface area contributed by atoms with Gasteiger partial charge >= 0.3 is 0 Å². The van der Waals surface area contributed by atoms with Crippen molar-refractivity contribution in [1.82, 2.24) is 4.98 Å². The van der Waals surface area contributed by atoms with Crippen LogP contribution < -0.4 is 5.90 Å². The third kappa shape index (κ3) is 2.55. The summed E-state index contributed by atoms with van der Waals surface area (Å²) >= 11 is 1.54. The fourth-order valence-electron chi connectivity index (χ4n) is 0.690. The number of hydrogen-bond acceptors (Lipinski definition) is 5. The van der Waals surface area contributed by atoms with Crippen molar-refractivity contribution in [2.75, 3.05) is 7.11 Å². The van der Waals surface area contributed by atoms with Gasteiger partial charge in [-0.3, -0.25) is 4.84 Å². The molecule has 1 heterocycles. The maximum absolute atomic E-state index is 4.90. The number of hydrogen-bond donors (Lipinski definition) is 1. The average molecular weight is 174 g/mol. The molecule has 0 aliphatic heterocycles. The lowest BCUT2D eigenvalue weighted by Crippen LogP contribution is -1.99. The van der Waals surface area contributed by atoms with Crippen LogP contribution in [0.15, 0.2) is 5.38 Å². The smallest absolute Gasteiger partial charge is 0.119 e. The van der Waals surface area contributed by atoms with Crippen molar-refractivity contribution in [1.29, 1.82) is 0 Å². The molecule has 11 heavy (non-hydrogen) atoms. The standard InChI is InChI=1S/C6H10N2O2S/c1-9-3-6-8-5(2-10-7)4-11-6/h4H,2-3,7H2,1H3. The minimum atomic E-state index is 0.361. The van der Waals surface area contributed by atoms with Gasteiger partial charge in [-0.15, -0.1) is 11.3 Å². The number of ether oxygens (including phenoxy) is 1. The molecule has 0 aliphatic carbocycles. The van der Waals surface area contributed by atoms with E-state index >= 15 is 0 Å². The molecule has 0 aliphatic rings. The highest BCUT2D eigenvalue weighted by Gasteiger charge is 1.99. The Morgan fingerprint density at radius 1 is 1.64 bits per heavy atom. The van der Waals surface area contributed by atoms with Gasteiger partial charge in [-0.05, 0) is 0 Å². The number of methoxy groups -OCH3 is 1. The Kier molecular flexibility index (Phi) is 3.44. The third-order valence-corrected chi connectivity index (χ3v) is 1.97. The summed E-state index contributed by atoms with van der Waals surface area (Å²) in [5, 5.41) is 2.85. The van der Waals surface area contributed by atoms with Gasteiger partial charge in [-0.2, -0.15) is 0 Å². The second-order valence-corrected chi connectivity index (χ2v) is 2.92. The van der Waals surface area contributed by atoms with Crippen LogP contribution in [0.2, 0.25) is 0 Å². The first kappa shape index (κ1) is 8.61. The van der Waals surface area contributed by atoms with E-state index in [0.717, 1.165) is 10.7 Å². The minimum absolute atomic E-state index is 0.361. The van der Waals surface area contributed by atoms with Crippen LogP contribution in [0.5, 0.6) is 0 Å². The van der Waals surface area contributed by atoms with E-state index in [1.807, 2.05) is 5.38 Å². The van der Waals surface area contributed by atoms with Gasteiger partial charge in [0, 0.05) is 12.5 Å². The molecule has 0 atom stereocenters. The highest BCUT2D eigenvalue weighted by molar-refractivity contribution is 7.09. The Hall–Kier alpha value is -0.490. The Morgan fingerprint density at radius 2 is 2.45 bits per heavy atom. The van der Waals surface area contributed by atoms with Crippen molar-refractivity contribution >= 4 is 11.3 Å². The average Bonchev–Trinajstić information content (AvgIpc) is 2.38. The molecule has 2 N–H and O–H groups in total. The van der Waals surface area contributed by atoms with Crippen LogP contribution in [0.25, 0.3) is 0 Å². The van der Waals surface area contributed by atoms with Crippen LogP contribution in [-0.4, -0.2) is 12.1 Å². The lowest BCUT2D eigenvalue weighted by molar-refractivity contribution is 0.121. The Morgan fingerprint density at radius 3 is 3.09 bits per heavy atom. The summed E-state index contributed by atoms with van der Waals surface area (Å²) in [6.45, 7) is 0.912. The van der Waals surface area contributed by atoms with Crippen LogP contribution in [0.3, 0.4) is 0 Å². The largest absolute Gasteiger partial charge is 0.378 e. The van der Waals surface area contributed by atoms with E-state index in [2.05, 4.69) is 9.82 Å². The summed E-state index contributed by atoms with van der Waals surface area (Å²) in [5.41, 5.74) is 0.851. The third-order valence-electron chi connectivity index (χ3n) is 1.10. The molecular formula is C6H10N2O2S. The predicted octanol–water partition coefficient (Wildman–Crippen LogP) is 0.680. The molecule has 1 aromatic heterocycles. The predicted molar refractivity (Wildman–Crippen MR) is 41.8 cm³/mol. The molecule has 0 saturated carbocycles. The van der Waals surface area contributed by atoms with Crippen LogP contribution in [0.4, 0.5) is 0 Å². The summed E-state index contributed by atoms with van der Waals surface area (Å²) < 4.78 is 4.90. The molecule has 0 fully saturated rings. The van der Waals surface area contributed by atoms with Crippen LogP contribution >= 0.6 is 11.3 Å². The summed E-state index contributed by atoms with van der Waals surface area (Å²) in [6, 6.07) is 0. The summed E-state index contributed by atoms with van der Waals surface area (Å²) in [5.74, 6) is 4.88. The molecule has 1 rings (SSSR count). The SMILES string of the molecule is COCc1nc(CON)cs1. The van der Waals surface area contributed by atoms with Gasteiger partial charge < -0.3 is 4.74 Å². The maximum Gasteiger partial charge on any atom is 0.119 e. The van der Waals surface area contributed by atoms with E-state index < -0.39 is 0 Å². The van der Waals surface area contributed by atoms with Gasteiger partial charge in [0.15, 0.2) is 0 Å². The fourth-order valence-corrected chi connectivity index (χ4v) is 1.44. The zero-order valence-corrected chi connectivity index (χ0v) is 7.06. The second-order valence-electron chi connectivity index (χ2n) is 1.98. The zero-order chi connectivity index (χ0) is 8.10. The van der Waals surface area contributed by atoms with E-state index in [1.165, 1.54) is 0 Å². The summed E-state index contributed by atoms with van der Waals surface area (Å²) in [7, 11) is 1.64. The van der Waals surface area contributed by atoms with Crippen molar-refractivity contribution in [3.05, 3.63) is 16.1 Å². The first-order valence-corrected chi connectivity index (χ1v) is 3.98. The minimum Gasteiger partial charge on any atom is -0.378 e. The van der Waals surface area contributed by atoms with Gasteiger partial charge in [0.05, 0.1) is 12.3 Å². The summed E-state index contributed by atoms with van der Waals surface area (Å²) in [4.78, 5) is 8.60. The van der Waals surface area contributed by atoms with Crippen LogP contribution in [0, 0.1) is 0 Å². The molecule has 0 unspecified atom stereocenters. The number of nitrogens with zero attached hydrogens (tertiary/aromatic N) is 1. The Bertz CT molecular complexity index is 194. The van der Waals surface area contributed by atoms with Gasteiger partial charge in [-0.1, -0.05) is 0 Å². The Balaban J connectivity index is 2.51. The molecule has 0 amide bonds. The Labute approximate surface area is 68.9 Å². The highest BCUT2D eigenvalue weighted by atomic mass is 32.1. The maximum atomic E-state index is 4.90. The molecule has 0 aromatic carbocycles. The van der Waals surface area contributed by atoms with Gasteiger partial charge in [0.2, 0.25) is 0 Å². The molecule has 5 heteroatoms. The molecule has 0 radical (unpaired) electrons. The quantitative estimate of drug-likeness (QED) is 0.682. The molecule has 0 bridgehead atoms. The van der Waals surface area contributed by atoms with Crippen molar-refractivity contribution in [2.45, 2.75) is 13.2 Å². The lowest BCUT2D eigenvalue weighted by Gasteiger charge is -1.91. The van der Waals surface area contributed by atoms with Crippen molar-refractivity contribution in [3.63, 3.8) is 0 Å². The lowest BCUT2D eigenvalue weighted by atomic mass is 10.5. The molecule has 0 saturated heterocycles. The van der Waals surface area contributed by atoms with E-state index in [1.54, 1.807) is 18.4 Å². The molecule has 4 nitrogen and oxygen atoms in total. The molecule has 62 valence electrons. The molecule has 1 aromatic rings. The van der Waals surface area contributed by atoms with Crippen molar-refractivity contribution < 1.29 is 9.57 Å². The normalized spacial score (nSPS) is 10.4. The van der Waals surface area contributed by atoms with E-state index in [0.29, 0.717) is 13.2 Å². The van der Waals surface area contributed by atoms with Crippen molar-refractivity contribution in [2.24, 2.45) is 5.90 Å². The molecule has 0 spiro atoms. The monoisotopic (exact) mass is 174 g/mol. The van der Waals surface area contributed by atoms with Crippen LogP contribution in [0.1, 0.15) is 10.7 Å². The van der Waals surface area contributed by atoms with E-state index in [9.17, 15) is 0 Å². The number of nitrogens with two attached hydrogens (primary N) is 1.